The zero-order valence-electron chi connectivity index (χ0n) is 30.9. The highest BCUT2D eigenvalue weighted by atomic mass is 32.1. The topological polar surface area (TPSA) is 43.4 Å². The molecule has 4 nitrogen and oxygen atoms in total. The van der Waals surface area contributed by atoms with Crippen molar-refractivity contribution in [2.75, 3.05) is 0 Å². The van der Waals surface area contributed by atoms with Gasteiger partial charge in [-0.3, -0.25) is 4.99 Å². The van der Waals surface area contributed by atoms with Gasteiger partial charge >= 0.3 is 0 Å². The molecule has 0 fully saturated rings. The van der Waals surface area contributed by atoms with Crippen LogP contribution in [0, 0.1) is 0 Å². The number of benzene rings is 8. The van der Waals surface area contributed by atoms with Gasteiger partial charge in [0.1, 0.15) is 5.84 Å². The summed E-state index contributed by atoms with van der Waals surface area (Å²) in [5.41, 5.74) is 11.4. The van der Waals surface area contributed by atoms with Crippen LogP contribution in [0.25, 0.3) is 58.4 Å². The molecule has 0 saturated carbocycles. The Morgan fingerprint density at radius 2 is 1.19 bits per heavy atom. The highest BCUT2D eigenvalue weighted by molar-refractivity contribution is 7.26. The third-order valence-corrected chi connectivity index (χ3v) is 13.3. The molecule has 2 unspecified atom stereocenters. The van der Waals surface area contributed by atoms with Crippen LogP contribution in [0.5, 0.6) is 0 Å². The van der Waals surface area contributed by atoms with Gasteiger partial charge in [0.25, 0.3) is 0 Å². The molecule has 5 heteroatoms. The molecule has 1 aliphatic carbocycles. The summed E-state index contributed by atoms with van der Waals surface area (Å²) in [7, 11) is 0. The average molecular weight is 748 g/mol. The lowest BCUT2D eigenvalue weighted by atomic mass is 9.67. The second kappa shape index (κ2) is 12.6. The fourth-order valence-corrected chi connectivity index (χ4v) is 11.0. The van der Waals surface area contributed by atoms with Gasteiger partial charge in [-0.05, 0) is 51.7 Å². The van der Waals surface area contributed by atoms with E-state index in [1.54, 1.807) is 0 Å². The molecule has 1 N–H and O–H groups in total. The van der Waals surface area contributed by atoms with Gasteiger partial charge in [-0.2, -0.15) is 0 Å². The lowest BCUT2D eigenvalue weighted by Gasteiger charge is -2.45. The lowest BCUT2D eigenvalue weighted by Crippen LogP contribution is -2.35. The lowest BCUT2D eigenvalue weighted by molar-refractivity contribution is 0.539. The van der Waals surface area contributed by atoms with E-state index in [0.717, 1.165) is 28.0 Å². The average Bonchev–Trinajstić information content (AvgIpc) is 3.94. The van der Waals surface area contributed by atoms with E-state index >= 15 is 0 Å². The number of aromatic nitrogens is 1. The standard InChI is InChI=1S/C52H35N4S/c1-4-17-33(18-5-1)49-53-50(42-27-16-26-41-38-25-12-15-30-45(38)57-48(41)42)55-51(54-49)56-44-29-14-11-24-37(44)40-32-31-39-36-23-10-13-28-43(36)52(46(39)47(40)56,34-19-6-2-7-20-34)35-21-8-3-9-22-35/h1-32,50-51H,(H,53,54)/q-1. The fourth-order valence-electron chi connectivity index (χ4n) is 9.76. The van der Waals surface area contributed by atoms with Crippen molar-refractivity contribution < 1.29 is 0 Å². The molecule has 270 valence electrons. The summed E-state index contributed by atoms with van der Waals surface area (Å²) in [6, 6.07) is 70.5. The van der Waals surface area contributed by atoms with Crippen LogP contribution >= 0.6 is 11.3 Å². The first kappa shape index (κ1) is 32.5. The zero-order chi connectivity index (χ0) is 37.5. The van der Waals surface area contributed by atoms with Crippen molar-refractivity contribution in [3.05, 3.63) is 233 Å². The minimum Gasteiger partial charge on any atom is -0.598 e. The molecule has 0 radical (unpaired) electrons. The monoisotopic (exact) mass is 747 g/mol. The number of amidine groups is 1. The summed E-state index contributed by atoms with van der Waals surface area (Å²) in [5.74, 6) is 0.831. The highest BCUT2D eigenvalue weighted by Crippen LogP contribution is 2.59. The zero-order valence-corrected chi connectivity index (χ0v) is 31.7. The second-order valence-corrected chi connectivity index (χ2v) is 16.1. The molecule has 3 heterocycles. The molecule has 0 spiro atoms. The second-order valence-electron chi connectivity index (χ2n) is 15.0. The van der Waals surface area contributed by atoms with Gasteiger partial charge in [-0.1, -0.05) is 182 Å². The third-order valence-electron chi connectivity index (χ3n) is 12.1. The van der Waals surface area contributed by atoms with Crippen LogP contribution in [0.4, 0.5) is 0 Å². The first-order chi connectivity index (χ1) is 28.3. The maximum absolute atomic E-state index is 5.73. The Morgan fingerprint density at radius 1 is 0.544 bits per heavy atom. The molecular weight excluding hydrogens is 713 g/mol. The van der Waals surface area contributed by atoms with Crippen LogP contribution in [0.3, 0.4) is 0 Å². The molecule has 0 saturated heterocycles. The Morgan fingerprint density at radius 3 is 1.98 bits per heavy atom. The van der Waals surface area contributed by atoms with E-state index in [9.17, 15) is 0 Å². The number of nitrogens with zero attached hydrogens (tertiary/aromatic N) is 3. The number of rotatable bonds is 5. The van der Waals surface area contributed by atoms with Crippen LogP contribution in [0.2, 0.25) is 0 Å². The predicted molar refractivity (Wildman–Crippen MR) is 237 cm³/mol. The number of hydrogen-bond donors (Lipinski definition) is 1. The first-order valence-electron chi connectivity index (χ1n) is 19.6. The SMILES string of the molecule is c1ccc(C2=NC(n3c4ccccc4c4ccc5c(c43)C(c3ccccc3)(c3ccccc3)c3ccccc3-5)[N-]C(c3cccc4c3sc3ccccc34)N2)cc1. The smallest absolute Gasteiger partial charge is 0.127 e. The van der Waals surface area contributed by atoms with Crippen molar-refractivity contribution in [3.63, 3.8) is 0 Å². The molecule has 2 aliphatic rings. The van der Waals surface area contributed by atoms with Crippen molar-refractivity contribution in [1.82, 2.24) is 9.88 Å². The van der Waals surface area contributed by atoms with E-state index in [0.29, 0.717) is 0 Å². The minimum absolute atomic E-state index is 0.349. The number of aliphatic imine (C=N–C) groups is 1. The van der Waals surface area contributed by atoms with Gasteiger partial charge in [0.05, 0.1) is 10.9 Å². The maximum Gasteiger partial charge on any atom is 0.127 e. The van der Waals surface area contributed by atoms with E-state index < -0.39 is 11.7 Å². The van der Waals surface area contributed by atoms with Crippen LogP contribution in [-0.4, -0.2) is 10.4 Å². The quantitative estimate of drug-likeness (QED) is 0.187. The van der Waals surface area contributed by atoms with Crippen molar-refractivity contribution in [3.8, 4) is 11.1 Å². The Bertz CT molecular complexity index is 3160. The molecule has 10 aromatic rings. The van der Waals surface area contributed by atoms with E-state index in [1.807, 2.05) is 11.3 Å². The molecule has 2 aromatic heterocycles. The van der Waals surface area contributed by atoms with E-state index in [2.05, 4.69) is 204 Å². The summed E-state index contributed by atoms with van der Waals surface area (Å²) < 4.78 is 4.97. The number of fused-ring (bicyclic) bond motifs is 10. The first-order valence-corrected chi connectivity index (χ1v) is 20.4. The highest BCUT2D eigenvalue weighted by Gasteiger charge is 2.48. The Kier molecular flexibility index (Phi) is 7.18. The molecule has 2 atom stereocenters. The molecule has 0 amide bonds. The van der Waals surface area contributed by atoms with Crippen LogP contribution in [0.15, 0.2) is 199 Å². The van der Waals surface area contributed by atoms with E-state index in [1.165, 1.54) is 64.3 Å². The molecule has 8 aromatic carbocycles. The van der Waals surface area contributed by atoms with E-state index in [-0.39, 0.29) is 6.17 Å². The van der Waals surface area contributed by atoms with Gasteiger partial charge in [0.15, 0.2) is 0 Å². The summed E-state index contributed by atoms with van der Waals surface area (Å²) in [6.07, 6.45) is -0.921. The summed E-state index contributed by atoms with van der Waals surface area (Å²) in [4.78, 5) is 5.57. The van der Waals surface area contributed by atoms with Gasteiger partial charge < -0.3 is 15.2 Å². The number of hydrogen-bond acceptors (Lipinski definition) is 3. The number of para-hydroxylation sites is 1. The fraction of sp³-hybridized carbons (Fsp3) is 0.0577. The van der Waals surface area contributed by atoms with Crippen LogP contribution in [0.1, 0.15) is 45.8 Å². The van der Waals surface area contributed by atoms with Crippen molar-refractivity contribution in [2.24, 2.45) is 4.99 Å². The predicted octanol–water partition coefficient (Wildman–Crippen LogP) is 13.1. The van der Waals surface area contributed by atoms with Gasteiger partial charge in [-0.15, -0.1) is 11.3 Å². The Hall–Kier alpha value is -6.79. The summed E-state index contributed by atoms with van der Waals surface area (Å²) in [5, 5.41) is 14.5. The van der Waals surface area contributed by atoms with Crippen LogP contribution in [-0.2, 0) is 5.41 Å². The Balaban J connectivity index is 1.18. The molecular formula is C52H35N4S-. The molecule has 57 heavy (non-hydrogen) atoms. The van der Waals surface area contributed by atoms with Crippen molar-refractivity contribution in [1.29, 1.82) is 0 Å². The van der Waals surface area contributed by atoms with Crippen molar-refractivity contribution >= 4 is 59.2 Å². The molecule has 1 aliphatic heterocycles. The number of thiophene rings is 1. The van der Waals surface area contributed by atoms with Gasteiger partial charge in [0.2, 0.25) is 0 Å². The third kappa shape index (κ3) is 4.67. The Labute approximate surface area is 334 Å². The number of nitrogens with one attached hydrogen (secondary N) is 1. The largest absolute Gasteiger partial charge is 0.598 e. The van der Waals surface area contributed by atoms with Crippen molar-refractivity contribution in [2.45, 2.75) is 17.9 Å². The summed E-state index contributed by atoms with van der Waals surface area (Å²) >= 11 is 1.84. The summed E-state index contributed by atoms with van der Waals surface area (Å²) in [6.45, 7) is 0. The van der Waals surface area contributed by atoms with Gasteiger partial charge in [-0.25, -0.2) is 0 Å². The minimum atomic E-state index is -0.596. The normalized spacial score (nSPS) is 17.1. The molecule has 12 rings (SSSR count). The van der Waals surface area contributed by atoms with Gasteiger partial charge in [0, 0.05) is 53.9 Å². The van der Waals surface area contributed by atoms with Crippen LogP contribution < -0.4 is 5.32 Å². The maximum atomic E-state index is 5.73. The molecule has 0 bridgehead atoms. The van der Waals surface area contributed by atoms with E-state index in [4.69, 9.17) is 10.3 Å².